The number of urea groups is 2. The summed E-state index contributed by atoms with van der Waals surface area (Å²) < 4.78 is 13.7. The number of nitrogens with one attached hydrogen (secondary N) is 3. The molecular weight excluding hydrogens is 599 g/mol. The molecule has 2 heterocycles. The van der Waals surface area contributed by atoms with Gasteiger partial charge in [0.15, 0.2) is 0 Å². The van der Waals surface area contributed by atoms with Gasteiger partial charge in [-0.25, -0.2) is 23.9 Å². The number of carbonyl (C=O) groups excluding carboxylic acids is 3. The van der Waals surface area contributed by atoms with E-state index in [1.807, 2.05) is 0 Å². The van der Waals surface area contributed by atoms with Crippen LogP contribution in [0.25, 0.3) is 0 Å². The number of piperazine rings is 1. The van der Waals surface area contributed by atoms with Crippen LogP contribution >= 0.6 is 0 Å². The van der Waals surface area contributed by atoms with Gasteiger partial charge in [0.25, 0.3) is 0 Å². The van der Waals surface area contributed by atoms with E-state index in [1.165, 1.54) is 4.68 Å². The van der Waals surface area contributed by atoms with Crippen molar-refractivity contribution in [3.8, 4) is 0 Å². The highest BCUT2D eigenvalue weighted by atomic mass is 19.1. The van der Waals surface area contributed by atoms with E-state index >= 15 is 0 Å². The van der Waals surface area contributed by atoms with Crippen LogP contribution in [-0.2, 0) is 38.6 Å². The number of aliphatic carboxylic acids is 3. The van der Waals surface area contributed by atoms with E-state index < -0.39 is 49.1 Å². The first-order chi connectivity index (χ1) is 21.4. The molecule has 3 rings (SSSR count). The zero-order valence-corrected chi connectivity index (χ0v) is 24.2. The highest BCUT2D eigenvalue weighted by Crippen LogP contribution is 2.14. The molecule has 1 aliphatic rings. The summed E-state index contributed by atoms with van der Waals surface area (Å²) in [5.41, 5.74) is 1.53. The predicted octanol–water partition coefficient (Wildman–Crippen LogP) is 0.169. The Morgan fingerprint density at radius 2 is 1.51 bits per heavy atom. The number of aryl methyl sites for hydroxylation is 1. The molecule has 2 aromatic rings. The Morgan fingerprint density at radius 3 is 2.11 bits per heavy atom. The third-order valence-electron chi connectivity index (χ3n) is 6.87. The molecule has 1 fully saturated rings. The van der Waals surface area contributed by atoms with Crippen LogP contribution in [0.15, 0.2) is 30.5 Å². The lowest BCUT2D eigenvalue weighted by atomic mass is 10.1. The summed E-state index contributed by atoms with van der Waals surface area (Å²) >= 11 is 0. The molecule has 45 heavy (non-hydrogen) atoms. The topological polar surface area (TPSA) is 236 Å². The van der Waals surface area contributed by atoms with Crippen molar-refractivity contribution in [2.24, 2.45) is 0 Å². The van der Waals surface area contributed by atoms with Gasteiger partial charge in [0.2, 0.25) is 5.91 Å². The minimum absolute atomic E-state index is 0.0141. The molecule has 1 aromatic carbocycles. The number of rotatable bonds is 15. The number of benzene rings is 1. The second kappa shape index (κ2) is 16.5. The monoisotopic (exact) mass is 634 g/mol. The third kappa shape index (κ3) is 11.0. The van der Waals surface area contributed by atoms with Crippen molar-refractivity contribution in [1.29, 1.82) is 0 Å². The molecule has 6 N–H and O–H groups in total. The smallest absolute Gasteiger partial charge is 0.326 e. The maximum absolute atomic E-state index is 12.8. The fourth-order valence-corrected chi connectivity index (χ4v) is 4.42. The lowest BCUT2D eigenvalue weighted by molar-refractivity contribution is -0.141. The van der Waals surface area contributed by atoms with Crippen LogP contribution in [0, 0.1) is 0 Å². The minimum Gasteiger partial charge on any atom is -0.481 e. The summed E-state index contributed by atoms with van der Waals surface area (Å²) in [6, 6.07) is 1.81. The van der Waals surface area contributed by atoms with E-state index in [0.717, 1.165) is 0 Å². The Hall–Kier alpha value is -5.29. The second-order valence-corrected chi connectivity index (χ2v) is 10.2. The highest BCUT2D eigenvalue weighted by Gasteiger charge is 2.26. The molecule has 2 atom stereocenters. The van der Waals surface area contributed by atoms with Crippen LogP contribution in [0.2, 0.25) is 0 Å². The van der Waals surface area contributed by atoms with Gasteiger partial charge in [0.1, 0.15) is 18.6 Å². The van der Waals surface area contributed by atoms with Gasteiger partial charge in [0, 0.05) is 50.9 Å². The van der Waals surface area contributed by atoms with E-state index in [-0.39, 0.29) is 31.3 Å². The van der Waals surface area contributed by atoms with Crippen LogP contribution in [0.5, 0.6) is 0 Å². The first kappa shape index (κ1) is 34.2. The highest BCUT2D eigenvalue weighted by molar-refractivity contribution is 5.90. The Bertz CT molecular complexity index is 1360. The van der Waals surface area contributed by atoms with Gasteiger partial charge in [-0.1, -0.05) is 17.3 Å². The maximum Gasteiger partial charge on any atom is 0.326 e. The fourth-order valence-electron chi connectivity index (χ4n) is 4.42. The molecule has 1 aromatic heterocycles. The molecule has 0 bridgehead atoms. The number of alkyl halides is 1. The average molecular weight is 635 g/mol. The van der Waals surface area contributed by atoms with E-state index in [4.69, 9.17) is 5.11 Å². The van der Waals surface area contributed by atoms with Gasteiger partial charge >= 0.3 is 30.0 Å². The van der Waals surface area contributed by atoms with Crippen molar-refractivity contribution in [2.45, 2.75) is 50.7 Å². The average Bonchev–Trinajstić information content (AvgIpc) is 3.45. The Balaban J connectivity index is 1.45. The molecule has 5 amide bonds. The Labute approximate surface area is 256 Å². The van der Waals surface area contributed by atoms with E-state index in [2.05, 4.69) is 26.3 Å². The number of hydrogen-bond acceptors (Lipinski definition) is 8. The van der Waals surface area contributed by atoms with Gasteiger partial charge in [-0.3, -0.25) is 14.0 Å². The molecular formula is C27H35FN8O9. The van der Waals surface area contributed by atoms with Crippen molar-refractivity contribution < 1.29 is 48.5 Å². The number of anilines is 1. The molecule has 1 saturated heterocycles. The molecule has 0 spiro atoms. The fraction of sp³-hybridized carbons (Fsp3) is 0.481. The van der Waals surface area contributed by atoms with Crippen LogP contribution in [0.1, 0.15) is 30.5 Å². The van der Waals surface area contributed by atoms with Crippen LogP contribution < -0.4 is 16.0 Å². The number of halogens is 1. The van der Waals surface area contributed by atoms with Crippen molar-refractivity contribution in [3.05, 3.63) is 41.7 Å². The van der Waals surface area contributed by atoms with Gasteiger partial charge in [0.05, 0.1) is 12.4 Å². The number of nitrogens with zero attached hydrogens (tertiary/aromatic N) is 5. The molecule has 244 valence electrons. The minimum atomic E-state index is -1.52. The van der Waals surface area contributed by atoms with Crippen molar-refractivity contribution >= 4 is 41.6 Å². The molecule has 0 unspecified atom stereocenters. The molecule has 0 aliphatic carbocycles. The third-order valence-corrected chi connectivity index (χ3v) is 6.87. The Kier molecular flexibility index (Phi) is 12.6. The summed E-state index contributed by atoms with van der Waals surface area (Å²) in [7, 11) is 0. The van der Waals surface area contributed by atoms with E-state index in [1.54, 1.807) is 40.3 Å². The van der Waals surface area contributed by atoms with E-state index in [9.17, 15) is 43.4 Å². The standard InChI is InChI=1S/C27H35FN8O9/c28-9-1-2-19-15-36(33-32-19)16-22(37)34-10-12-35(13-11-34)27(45)29-18-5-3-17(4-6-18)14-21(25(42)43)31-26(44)30-20(24(40)41)7-8-23(38)39/h3-6,15,20-21H,1-2,7-14,16H2,(H,29,45)(H,38,39)(H,40,41)(H,42,43)(H2,30,31,44)/t20-,21-/m0/s1. The molecule has 0 radical (unpaired) electrons. The SMILES string of the molecule is O=C(O)CC[C@H](NC(=O)N[C@@H](Cc1ccc(NC(=O)N2CCN(C(=O)Cn3cc(CCCF)nn3)CC2)cc1)C(=O)O)C(=O)O. The maximum atomic E-state index is 12.8. The molecule has 1 aliphatic heterocycles. The van der Waals surface area contributed by atoms with Crippen molar-refractivity contribution in [1.82, 2.24) is 35.4 Å². The zero-order valence-electron chi connectivity index (χ0n) is 24.2. The first-order valence-electron chi connectivity index (χ1n) is 14.1. The van der Waals surface area contributed by atoms with E-state index in [0.29, 0.717) is 56.0 Å². The van der Waals surface area contributed by atoms with Gasteiger partial charge in [-0.15, -0.1) is 5.10 Å². The number of carboxylic acids is 3. The van der Waals surface area contributed by atoms with Crippen molar-refractivity contribution in [3.63, 3.8) is 0 Å². The summed E-state index contributed by atoms with van der Waals surface area (Å²) in [6.07, 6.45) is 1.34. The van der Waals surface area contributed by atoms with Gasteiger partial charge < -0.3 is 41.1 Å². The lowest BCUT2D eigenvalue weighted by Gasteiger charge is -2.34. The first-order valence-corrected chi connectivity index (χ1v) is 14.1. The predicted molar refractivity (Wildman–Crippen MR) is 153 cm³/mol. The zero-order chi connectivity index (χ0) is 32.9. The lowest BCUT2D eigenvalue weighted by Crippen LogP contribution is -2.52. The second-order valence-electron chi connectivity index (χ2n) is 10.2. The summed E-state index contributed by atoms with van der Waals surface area (Å²) in [6.45, 7) is 0.752. The normalized spacial score (nSPS) is 14.2. The molecule has 17 nitrogen and oxygen atoms in total. The number of carbonyl (C=O) groups is 6. The largest absolute Gasteiger partial charge is 0.481 e. The Morgan fingerprint density at radius 1 is 0.889 bits per heavy atom. The molecule has 18 heteroatoms. The number of aromatic nitrogens is 3. The van der Waals surface area contributed by atoms with Crippen LogP contribution in [0.3, 0.4) is 0 Å². The molecule has 0 saturated carbocycles. The number of amides is 5. The summed E-state index contributed by atoms with van der Waals surface area (Å²) in [5, 5.41) is 42.3. The summed E-state index contributed by atoms with van der Waals surface area (Å²) in [5.74, 6) is -4.27. The quantitative estimate of drug-likeness (QED) is 0.154. The van der Waals surface area contributed by atoms with Gasteiger partial charge in [-0.2, -0.15) is 0 Å². The number of carboxylic acid groups (broad SMARTS) is 3. The summed E-state index contributed by atoms with van der Waals surface area (Å²) in [4.78, 5) is 74.5. The van der Waals surface area contributed by atoms with Crippen LogP contribution in [0.4, 0.5) is 19.7 Å². The number of hydrogen-bond donors (Lipinski definition) is 6. The van der Waals surface area contributed by atoms with Gasteiger partial charge in [-0.05, 0) is 37.0 Å². The van der Waals surface area contributed by atoms with Crippen LogP contribution in [-0.4, -0.2) is 121 Å². The van der Waals surface area contributed by atoms with Crippen molar-refractivity contribution in [2.75, 3.05) is 38.2 Å².